The van der Waals surface area contributed by atoms with Gasteiger partial charge in [-0.15, -0.1) is 0 Å². The van der Waals surface area contributed by atoms with Crippen LogP contribution in [0.2, 0.25) is 0 Å². The van der Waals surface area contributed by atoms with Crippen LogP contribution in [-0.2, 0) is 16.0 Å². The largest absolute Gasteiger partial charge is 0.463 e. The maximum absolute atomic E-state index is 12.1. The Morgan fingerprint density at radius 2 is 1.95 bits per heavy atom. The maximum Gasteiger partial charge on any atom is 0.330 e. The molecule has 0 aliphatic heterocycles. The third kappa shape index (κ3) is 4.66. The van der Waals surface area contributed by atoms with E-state index < -0.39 is 0 Å². The van der Waals surface area contributed by atoms with Gasteiger partial charge in [-0.2, -0.15) is 0 Å². The zero-order chi connectivity index (χ0) is 15.8. The number of Topliss-reactive ketones (excluding diaryl/α,β-unsaturated/α-hetero) is 1. The summed E-state index contributed by atoms with van der Waals surface area (Å²) in [6, 6.07) is 11.0. The van der Waals surface area contributed by atoms with Crippen molar-refractivity contribution in [3.05, 3.63) is 71.6 Å². The number of pyridine rings is 1. The molecule has 4 nitrogen and oxygen atoms in total. The summed E-state index contributed by atoms with van der Waals surface area (Å²) in [6.45, 7) is 2.12. The van der Waals surface area contributed by atoms with E-state index in [0.717, 1.165) is 11.1 Å². The van der Waals surface area contributed by atoms with E-state index in [0.29, 0.717) is 18.6 Å². The van der Waals surface area contributed by atoms with Gasteiger partial charge in [0.1, 0.15) is 0 Å². The highest BCUT2D eigenvalue weighted by Gasteiger charge is 2.06. The van der Waals surface area contributed by atoms with E-state index in [-0.39, 0.29) is 11.8 Å². The Kier molecular flexibility index (Phi) is 5.60. The smallest absolute Gasteiger partial charge is 0.330 e. The van der Waals surface area contributed by atoms with Crippen LogP contribution in [0.4, 0.5) is 0 Å². The molecule has 0 saturated carbocycles. The fraction of sp³-hybridized carbons (Fsp3) is 0.167. The van der Waals surface area contributed by atoms with Gasteiger partial charge in [0.15, 0.2) is 5.78 Å². The van der Waals surface area contributed by atoms with Crippen molar-refractivity contribution in [1.29, 1.82) is 0 Å². The first-order valence-corrected chi connectivity index (χ1v) is 7.06. The first kappa shape index (κ1) is 15.6. The number of carbonyl (C=O) groups is 2. The average molecular weight is 295 g/mol. The minimum Gasteiger partial charge on any atom is -0.463 e. The fourth-order valence-corrected chi connectivity index (χ4v) is 1.92. The molecule has 0 N–H and O–H groups in total. The lowest BCUT2D eigenvalue weighted by Crippen LogP contribution is -2.03. The highest BCUT2D eigenvalue weighted by molar-refractivity contribution is 5.97. The van der Waals surface area contributed by atoms with Gasteiger partial charge in [-0.1, -0.05) is 24.3 Å². The summed E-state index contributed by atoms with van der Waals surface area (Å²) in [4.78, 5) is 27.2. The summed E-state index contributed by atoms with van der Waals surface area (Å²) in [5.74, 6) is -0.332. The molecule has 22 heavy (non-hydrogen) atoms. The summed E-state index contributed by atoms with van der Waals surface area (Å²) in [6.07, 6.45) is 6.61. The van der Waals surface area contributed by atoms with Crippen LogP contribution in [0.25, 0.3) is 6.08 Å². The van der Waals surface area contributed by atoms with Crippen molar-refractivity contribution < 1.29 is 14.3 Å². The molecule has 0 saturated heterocycles. The zero-order valence-corrected chi connectivity index (χ0v) is 12.4. The van der Waals surface area contributed by atoms with Crippen molar-refractivity contribution in [2.24, 2.45) is 0 Å². The minimum absolute atomic E-state index is 0.0305. The van der Waals surface area contributed by atoms with Crippen molar-refractivity contribution in [2.45, 2.75) is 13.3 Å². The molecule has 0 unspecified atom stereocenters. The summed E-state index contributed by atoms with van der Waals surface area (Å²) in [5, 5.41) is 0. The van der Waals surface area contributed by atoms with E-state index in [1.54, 1.807) is 37.5 Å². The molecular formula is C18H17NO3. The lowest BCUT2D eigenvalue weighted by Gasteiger charge is -2.02. The number of aromatic nitrogens is 1. The van der Waals surface area contributed by atoms with Crippen LogP contribution in [0.15, 0.2) is 54.9 Å². The van der Waals surface area contributed by atoms with Gasteiger partial charge in [0, 0.05) is 30.5 Å². The van der Waals surface area contributed by atoms with Gasteiger partial charge in [0.25, 0.3) is 0 Å². The Balaban J connectivity index is 1.97. The number of ether oxygens (including phenoxy) is 1. The van der Waals surface area contributed by atoms with E-state index in [4.69, 9.17) is 4.74 Å². The second-order valence-corrected chi connectivity index (χ2v) is 4.67. The molecule has 0 bridgehead atoms. The highest BCUT2D eigenvalue weighted by Crippen LogP contribution is 2.10. The number of hydrogen-bond donors (Lipinski definition) is 0. The number of ketones is 1. The molecule has 0 fully saturated rings. The van der Waals surface area contributed by atoms with E-state index in [9.17, 15) is 9.59 Å². The van der Waals surface area contributed by atoms with Crippen LogP contribution in [0.5, 0.6) is 0 Å². The first-order chi connectivity index (χ1) is 10.7. The second-order valence-electron chi connectivity index (χ2n) is 4.67. The molecule has 0 atom stereocenters. The van der Waals surface area contributed by atoms with Crippen LogP contribution >= 0.6 is 0 Å². The number of rotatable bonds is 6. The summed E-state index contributed by atoms with van der Waals surface area (Å²) in [5.41, 5.74) is 2.40. The molecule has 112 valence electrons. The van der Waals surface area contributed by atoms with Gasteiger partial charge >= 0.3 is 5.97 Å². The van der Waals surface area contributed by atoms with E-state index in [2.05, 4.69) is 4.98 Å². The number of esters is 1. The average Bonchev–Trinajstić information content (AvgIpc) is 2.55. The van der Waals surface area contributed by atoms with E-state index >= 15 is 0 Å². The van der Waals surface area contributed by atoms with Crippen molar-refractivity contribution in [2.75, 3.05) is 6.61 Å². The molecular weight excluding hydrogens is 278 g/mol. The predicted molar refractivity (Wildman–Crippen MR) is 84.4 cm³/mol. The van der Waals surface area contributed by atoms with Crippen molar-refractivity contribution in [3.8, 4) is 0 Å². The van der Waals surface area contributed by atoms with Crippen molar-refractivity contribution >= 4 is 17.8 Å². The number of hydrogen-bond acceptors (Lipinski definition) is 4. The Morgan fingerprint density at radius 3 is 2.59 bits per heavy atom. The van der Waals surface area contributed by atoms with Gasteiger partial charge in [0.05, 0.1) is 6.61 Å². The predicted octanol–water partition coefficient (Wildman–Crippen LogP) is 3.08. The number of carbonyl (C=O) groups excluding carboxylic acids is 2. The molecule has 0 amide bonds. The topological polar surface area (TPSA) is 56.3 Å². The quantitative estimate of drug-likeness (QED) is 0.467. The Hall–Kier alpha value is -2.75. The van der Waals surface area contributed by atoms with E-state index in [1.807, 2.05) is 24.3 Å². The second kappa shape index (κ2) is 7.88. The lowest BCUT2D eigenvalue weighted by molar-refractivity contribution is -0.137. The molecule has 1 heterocycles. The van der Waals surface area contributed by atoms with Crippen LogP contribution in [0.1, 0.15) is 28.4 Å². The van der Waals surface area contributed by atoms with Crippen LogP contribution in [0.3, 0.4) is 0 Å². The first-order valence-electron chi connectivity index (χ1n) is 7.06. The van der Waals surface area contributed by atoms with Crippen LogP contribution < -0.4 is 0 Å². The van der Waals surface area contributed by atoms with Crippen molar-refractivity contribution in [1.82, 2.24) is 4.98 Å². The molecule has 4 heteroatoms. The SMILES string of the molecule is CCOC(=O)/C=C/c1ccc(CC(=O)c2cccnc2)cc1. The van der Waals surface area contributed by atoms with Gasteiger partial charge in [-0.25, -0.2) is 4.79 Å². The normalized spacial score (nSPS) is 10.6. The molecule has 0 aliphatic rings. The molecule has 2 rings (SSSR count). The van der Waals surface area contributed by atoms with Crippen LogP contribution in [0, 0.1) is 0 Å². The third-order valence-electron chi connectivity index (χ3n) is 3.03. The number of benzene rings is 1. The highest BCUT2D eigenvalue weighted by atomic mass is 16.5. The Morgan fingerprint density at radius 1 is 1.18 bits per heavy atom. The van der Waals surface area contributed by atoms with Crippen LogP contribution in [-0.4, -0.2) is 23.3 Å². The zero-order valence-electron chi connectivity index (χ0n) is 12.4. The fourth-order valence-electron chi connectivity index (χ4n) is 1.92. The summed E-state index contributed by atoms with van der Waals surface area (Å²) in [7, 11) is 0. The standard InChI is InChI=1S/C18H17NO3/c1-2-22-18(21)10-9-14-5-7-15(8-6-14)12-17(20)16-4-3-11-19-13-16/h3-11,13H,2,12H2,1H3/b10-9+. The molecule has 2 aromatic rings. The summed E-state index contributed by atoms with van der Waals surface area (Å²) >= 11 is 0. The van der Waals surface area contributed by atoms with Gasteiger partial charge in [-0.3, -0.25) is 9.78 Å². The van der Waals surface area contributed by atoms with Gasteiger partial charge in [0.2, 0.25) is 0 Å². The van der Waals surface area contributed by atoms with Gasteiger partial charge in [-0.05, 0) is 36.3 Å². The Labute approximate surface area is 129 Å². The van der Waals surface area contributed by atoms with Crippen molar-refractivity contribution in [3.63, 3.8) is 0 Å². The third-order valence-corrected chi connectivity index (χ3v) is 3.03. The minimum atomic E-state index is -0.363. The monoisotopic (exact) mass is 295 g/mol. The lowest BCUT2D eigenvalue weighted by atomic mass is 10.0. The maximum atomic E-state index is 12.1. The molecule has 1 aromatic heterocycles. The molecule has 0 aliphatic carbocycles. The Bertz CT molecular complexity index is 660. The molecule has 1 aromatic carbocycles. The summed E-state index contributed by atoms with van der Waals surface area (Å²) < 4.78 is 4.81. The molecule has 0 spiro atoms. The van der Waals surface area contributed by atoms with E-state index in [1.165, 1.54) is 6.08 Å². The molecule has 0 radical (unpaired) electrons. The van der Waals surface area contributed by atoms with Gasteiger partial charge < -0.3 is 4.74 Å². The number of nitrogens with zero attached hydrogens (tertiary/aromatic N) is 1.